The Labute approximate surface area is 206 Å². The van der Waals surface area contributed by atoms with Crippen LogP contribution in [-0.4, -0.2) is 37.2 Å². The van der Waals surface area contributed by atoms with Crippen LogP contribution < -0.4 is 29.6 Å². The molecule has 1 heterocycles. The molecule has 0 aliphatic carbocycles. The summed E-state index contributed by atoms with van der Waals surface area (Å²) in [4.78, 5) is 21.7. The second-order valence-corrected chi connectivity index (χ2v) is 7.38. The van der Waals surface area contributed by atoms with E-state index in [1.807, 2.05) is 0 Å². The van der Waals surface area contributed by atoms with Crippen molar-refractivity contribution in [2.45, 2.75) is 0 Å². The van der Waals surface area contributed by atoms with Gasteiger partial charge in [-0.1, -0.05) is 0 Å². The Morgan fingerprint density at radius 3 is 2.03 bits per heavy atom. The molecule has 0 saturated carbocycles. The number of anilines is 3. The SMILES string of the molecule is COc1ccc(Oc2nc(Nc3ccc(F)cc3)ncc2NC(=O)c2cc(OC)cc(OC)c2)cc1. The Morgan fingerprint density at radius 2 is 1.42 bits per heavy atom. The van der Waals surface area contributed by atoms with Crippen LogP contribution in [0.4, 0.5) is 21.7 Å². The fraction of sp³-hybridized carbons (Fsp3) is 0.115. The third-order valence-corrected chi connectivity index (χ3v) is 4.99. The van der Waals surface area contributed by atoms with Crippen LogP contribution in [-0.2, 0) is 0 Å². The average Bonchev–Trinajstić information content (AvgIpc) is 2.91. The zero-order valence-corrected chi connectivity index (χ0v) is 19.7. The molecule has 0 aliphatic rings. The van der Waals surface area contributed by atoms with Gasteiger partial charge in [0, 0.05) is 17.3 Å². The number of nitrogens with zero attached hydrogens (tertiary/aromatic N) is 2. The van der Waals surface area contributed by atoms with Crippen molar-refractivity contribution in [3.05, 3.63) is 84.3 Å². The van der Waals surface area contributed by atoms with Gasteiger partial charge in [0.1, 0.15) is 34.5 Å². The molecule has 1 amide bonds. The number of ether oxygens (including phenoxy) is 4. The molecule has 0 bridgehead atoms. The first kappa shape index (κ1) is 24.3. The lowest BCUT2D eigenvalue weighted by molar-refractivity contribution is 0.102. The van der Waals surface area contributed by atoms with Crippen molar-refractivity contribution in [1.29, 1.82) is 0 Å². The molecule has 0 atom stereocenters. The second-order valence-electron chi connectivity index (χ2n) is 7.38. The molecule has 0 fully saturated rings. The van der Waals surface area contributed by atoms with Gasteiger partial charge in [-0.2, -0.15) is 4.98 Å². The Balaban J connectivity index is 1.64. The van der Waals surface area contributed by atoms with Crippen LogP contribution >= 0.6 is 0 Å². The Morgan fingerprint density at radius 1 is 0.806 bits per heavy atom. The van der Waals surface area contributed by atoms with Crippen molar-refractivity contribution in [2.75, 3.05) is 32.0 Å². The number of carbonyl (C=O) groups excluding carboxylic acids is 1. The molecular formula is C26H23FN4O5. The molecule has 1 aromatic heterocycles. The van der Waals surface area contributed by atoms with E-state index >= 15 is 0 Å². The molecule has 184 valence electrons. The molecule has 36 heavy (non-hydrogen) atoms. The van der Waals surface area contributed by atoms with Crippen molar-refractivity contribution in [1.82, 2.24) is 9.97 Å². The van der Waals surface area contributed by atoms with Crippen molar-refractivity contribution < 1.29 is 28.1 Å². The highest BCUT2D eigenvalue weighted by Gasteiger charge is 2.16. The van der Waals surface area contributed by atoms with E-state index in [1.165, 1.54) is 32.5 Å². The van der Waals surface area contributed by atoms with Crippen molar-refractivity contribution >= 4 is 23.2 Å². The number of benzene rings is 3. The summed E-state index contributed by atoms with van der Waals surface area (Å²) >= 11 is 0. The summed E-state index contributed by atoms with van der Waals surface area (Å²) in [6, 6.07) is 17.4. The van der Waals surface area contributed by atoms with E-state index in [9.17, 15) is 9.18 Å². The Kier molecular flexibility index (Phi) is 7.45. The lowest BCUT2D eigenvalue weighted by Gasteiger charge is -2.14. The van der Waals surface area contributed by atoms with E-state index < -0.39 is 5.91 Å². The first-order valence-corrected chi connectivity index (χ1v) is 10.7. The van der Waals surface area contributed by atoms with Crippen LogP contribution in [0.25, 0.3) is 0 Å². The number of rotatable bonds is 9. The Hall–Kier alpha value is -4.86. The lowest BCUT2D eigenvalue weighted by atomic mass is 10.2. The molecule has 0 spiro atoms. The number of aromatic nitrogens is 2. The third-order valence-electron chi connectivity index (χ3n) is 4.99. The van der Waals surface area contributed by atoms with Crippen LogP contribution in [0.2, 0.25) is 0 Å². The number of nitrogens with one attached hydrogen (secondary N) is 2. The van der Waals surface area contributed by atoms with Crippen LogP contribution in [0.15, 0.2) is 72.9 Å². The maximum atomic E-state index is 13.3. The normalized spacial score (nSPS) is 10.3. The van der Waals surface area contributed by atoms with Gasteiger partial charge >= 0.3 is 0 Å². The minimum Gasteiger partial charge on any atom is -0.497 e. The van der Waals surface area contributed by atoms with Crippen molar-refractivity contribution in [3.63, 3.8) is 0 Å². The van der Waals surface area contributed by atoms with E-state index in [0.29, 0.717) is 34.2 Å². The molecule has 4 rings (SSSR count). The maximum Gasteiger partial charge on any atom is 0.256 e. The number of hydrogen-bond acceptors (Lipinski definition) is 8. The minimum absolute atomic E-state index is 0.0861. The minimum atomic E-state index is -0.449. The first-order valence-electron chi connectivity index (χ1n) is 10.7. The van der Waals surface area contributed by atoms with E-state index in [2.05, 4.69) is 20.6 Å². The number of amides is 1. The van der Waals surface area contributed by atoms with Gasteiger partial charge in [0.25, 0.3) is 5.91 Å². The van der Waals surface area contributed by atoms with E-state index in [-0.39, 0.29) is 23.3 Å². The highest BCUT2D eigenvalue weighted by Crippen LogP contribution is 2.31. The highest BCUT2D eigenvalue weighted by molar-refractivity contribution is 6.05. The second kappa shape index (κ2) is 11.0. The fourth-order valence-corrected chi connectivity index (χ4v) is 3.14. The van der Waals surface area contributed by atoms with Crippen LogP contribution in [0.5, 0.6) is 28.9 Å². The molecule has 0 saturated heterocycles. The lowest BCUT2D eigenvalue weighted by Crippen LogP contribution is -2.14. The molecule has 0 unspecified atom stereocenters. The van der Waals surface area contributed by atoms with Gasteiger partial charge in [-0.25, -0.2) is 9.37 Å². The fourth-order valence-electron chi connectivity index (χ4n) is 3.14. The smallest absolute Gasteiger partial charge is 0.256 e. The summed E-state index contributed by atoms with van der Waals surface area (Å²) in [7, 11) is 4.56. The molecule has 0 aliphatic heterocycles. The van der Waals surface area contributed by atoms with Gasteiger partial charge in [0.05, 0.1) is 27.5 Å². The van der Waals surface area contributed by atoms with Gasteiger partial charge in [-0.15, -0.1) is 0 Å². The van der Waals surface area contributed by atoms with E-state index in [4.69, 9.17) is 18.9 Å². The van der Waals surface area contributed by atoms with Gasteiger partial charge in [-0.05, 0) is 60.7 Å². The van der Waals surface area contributed by atoms with Gasteiger partial charge in [0.2, 0.25) is 11.8 Å². The summed E-state index contributed by atoms with van der Waals surface area (Å²) in [5.41, 5.74) is 1.10. The van der Waals surface area contributed by atoms with Crippen molar-refractivity contribution in [3.8, 4) is 28.9 Å². The summed E-state index contributed by atoms with van der Waals surface area (Å²) in [5, 5.41) is 5.75. The number of carbonyl (C=O) groups is 1. The maximum absolute atomic E-state index is 13.3. The number of halogens is 1. The van der Waals surface area contributed by atoms with Gasteiger partial charge in [0.15, 0.2) is 0 Å². The van der Waals surface area contributed by atoms with E-state index in [1.54, 1.807) is 61.7 Å². The molecule has 9 nitrogen and oxygen atoms in total. The summed E-state index contributed by atoms with van der Waals surface area (Å²) in [6.45, 7) is 0. The summed E-state index contributed by atoms with van der Waals surface area (Å²) < 4.78 is 34.9. The molecular weight excluding hydrogens is 467 g/mol. The van der Waals surface area contributed by atoms with Crippen LogP contribution in [0.1, 0.15) is 10.4 Å². The van der Waals surface area contributed by atoms with Crippen LogP contribution in [0.3, 0.4) is 0 Å². The first-order chi connectivity index (χ1) is 17.5. The summed E-state index contributed by atoms with van der Waals surface area (Å²) in [6.07, 6.45) is 1.41. The third kappa shape index (κ3) is 5.98. The zero-order valence-electron chi connectivity index (χ0n) is 19.7. The predicted molar refractivity (Wildman–Crippen MR) is 132 cm³/mol. The Bertz CT molecular complexity index is 1330. The van der Waals surface area contributed by atoms with E-state index in [0.717, 1.165) is 0 Å². The highest BCUT2D eigenvalue weighted by atomic mass is 19.1. The van der Waals surface area contributed by atoms with Crippen molar-refractivity contribution in [2.24, 2.45) is 0 Å². The summed E-state index contributed by atoms with van der Waals surface area (Å²) in [5.74, 6) is 1.50. The number of hydrogen-bond donors (Lipinski definition) is 2. The largest absolute Gasteiger partial charge is 0.497 e. The predicted octanol–water partition coefficient (Wildman–Crippen LogP) is 5.43. The van der Waals surface area contributed by atoms with Gasteiger partial charge in [-0.3, -0.25) is 4.79 Å². The monoisotopic (exact) mass is 490 g/mol. The molecule has 10 heteroatoms. The standard InChI is InChI=1S/C26H23FN4O5/c1-33-19-8-10-20(11-9-19)36-25-23(15-28-26(31-25)29-18-6-4-17(27)5-7-18)30-24(32)16-12-21(34-2)14-22(13-16)35-3/h4-15H,1-3H3,(H,30,32)(H,28,29,31). The number of methoxy groups -OCH3 is 3. The quantitative estimate of drug-likeness (QED) is 0.320. The topological polar surface area (TPSA) is 104 Å². The van der Waals surface area contributed by atoms with Gasteiger partial charge < -0.3 is 29.6 Å². The molecule has 2 N–H and O–H groups in total. The van der Waals surface area contributed by atoms with Crippen LogP contribution in [0, 0.1) is 5.82 Å². The molecule has 3 aromatic carbocycles. The average molecular weight is 490 g/mol. The molecule has 4 aromatic rings. The molecule has 0 radical (unpaired) electrons. The zero-order chi connectivity index (χ0) is 25.5.